The van der Waals surface area contributed by atoms with Crippen molar-refractivity contribution in [2.75, 3.05) is 6.54 Å². The summed E-state index contributed by atoms with van der Waals surface area (Å²) in [6, 6.07) is -0.0946. The molecule has 0 radical (unpaired) electrons. The van der Waals surface area contributed by atoms with Crippen LogP contribution in [0.4, 0.5) is 4.39 Å². The third kappa shape index (κ3) is 1.70. The second kappa shape index (κ2) is 3.41. The molecule has 0 amide bonds. The lowest BCUT2D eigenvalue weighted by Crippen LogP contribution is -2.14. The van der Waals surface area contributed by atoms with E-state index < -0.39 is 6.17 Å². The summed E-state index contributed by atoms with van der Waals surface area (Å²) in [5.74, 6) is 1.19. The zero-order chi connectivity index (χ0) is 9.26. The van der Waals surface area contributed by atoms with E-state index in [1.807, 2.05) is 6.92 Å². The monoisotopic (exact) mass is 185 g/mol. The van der Waals surface area contributed by atoms with Crippen molar-refractivity contribution >= 4 is 0 Å². The van der Waals surface area contributed by atoms with Crippen LogP contribution in [0.15, 0.2) is 4.52 Å². The molecule has 0 spiro atoms. The molecule has 4 nitrogen and oxygen atoms in total. The Morgan fingerprint density at radius 2 is 2.54 bits per heavy atom. The predicted molar refractivity (Wildman–Crippen MR) is 43.9 cm³/mol. The third-order valence-electron chi connectivity index (χ3n) is 2.18. The van der Waals surface area contributed by atoms with Crippen molar-refractivity contribution in [3.05, 3.63) is 11.7 Å². The molecule has 13 heavy (non-hydrogen) atoms. The van der Waals surface area contributed by atoms with Gasteiger partial charge >= 0.3 is 0 Å². The number of hydrogen-bond acceptors (Lipinski definition) is 4. The first-order valence-electron chi connectivity index (χ1n) is 4.49. The molecule has 2 heterocycles. The van der Waals surface area contributed by atoms with Crippen molar-refractivity contribution in [3.8, 4) is 0 Å². The maximum absolute atomic E-state index is 12.8. The molecule has 72 valence electrons. The van der Waals surface area contributed by atoms with E-state index in [0.29, 0.717) is 24.7 Å². The molecule has 1 aliphatic rings. The lowest BCUT2D eigenvalue weighted by atomic mass is 10.2. The van der Waals surface area contributed by atoms with Crippen LogP contribution in [0, 0.1) is 0 Å². The molecule has 0 bridgehead atoms. The third-order valence-corrected chi connectivity index (χ3v) is 2.18. The van der Waals surface area contributed by atoms with Gasteiger partial charge in [0.1, 0.15) is 6.17 Å². The van der Waals surface area contributed by atoms with Gasteiger partial charge in [-0.25, -0.2) is 4.39 Å². The molecule has 5 heteroatoms. The largest absolute Gasteiger partial charge is 0.338 e. The lowest BCUT2D eigenvalue weighted by molar-refractivity contribution is 0.322. The fraction of sp³-hybridized carbons (Fsp3) is 0.750. The molecule has 1 aromatic rings. The van der Waals surface area contributed by atoms with Crippen LogP contribution < -0.4 is 5.32 Å². The topological polar surface area (TPSA) is 51.0 Å². The Labute approximate surface area is 75.5 Å². The Balaban J connectivity index is 2.08. The van der Waals surface area contributed by atoms with Gasteiger partial charge in [-0.2, -0.15) is 4.98 Å². The van der Waals surface area contributed by atoms with Gasteiger partial charge in [0, 0.05) is 19.4 Å². The normalized spacial score (nSPS) is 28.2. The zero-order valence-electron chi connectivity index (χ0n) is 7.46. The molecule has 0 unspecified atom stereocenters. The molecule has 2 atom stereocenters. The number of nitrogens with zero attached hydrogens (tertiary/aromatic N) is 2. The first-order valence-corrected chi connectivity index (χ1v) is 4.49. The molecule has 0 saturated carbocycles. The van der Waals surface area contributed by atoms with Crippen molar-refractivity contribution in [1.82, 2.24) is 15.5 Å². The van der Waals surface area contributed by atoms with Crippen LogP contribution >= 0.6 is 0 Å². The summed E-state index contributed by atoms with van der Waals surface area (Å²) in [7, 11) is 0. The van der Waals surface area contributed by atoms with Gasteiger partial charge in [0.2, 0.25) is 5.89 Å². The van der Waals surface area contributed by atoms with Gasteiger partial charge in [-0.05, 0) is 0 Å². The molecule has 1 aliphatic heterocycles. The Hall–Kier alpha value is -0.970. The van der Waals surface area contributed by atoms with Gasteiger partial charge in [0.05, 0.1) is 6.04 Å². The van der Waals surface area contributed by atoms with Gasteiger partial charge in [0.25, 0.3) is 0 Å². The SMILES string of the molecule is CCc1noc([C@@H]2C[C@@H](F)CN2)n1. The molecule has 1 N–H and O–H groups in total. The quantitative estimate of drug-likeness (QED) is 0.746. The number of alkyl halides is 1. The first kappa shape index (κ1) is 8.62. The number of halogens is 1. The highest BCUT2D eigenvalue weighted by atomic mass is 19.1. The molecule has 0 aliphatic carbocycles. The van der Waals surface area contributed by atoms with Crippen LogP contribution in [0.2, 0.25) is 0 Å². The minimum absolute atomic E-state index is 0.0946. The van der Waals surface area contributed by atoms with Gasteiger partial charge < -0.3 is 9.84 Å². The summed E-state index contributed by atoms with van der Waals surface area (Å²) in [6.45, 7) is 2.34. The van der Waals surface area contributed by atoms with Gasteiger partial charge in [-0.15, -0.1) is 0 Å². The first-order chi connectivity index (χ1) is 6.29. The summed E-state index contributed by atoms with van der Waals surface area (Å²) < 4.78 is 17.8. The van der Waals surface area contributed by atoms with Gasteiger partial charge in [-0.1, -0.05) is 12.1 Å². The van der Waals surface area contributed by atoms with Crippen LogP contribution in [-0.4, -0.2) is 22.9 Å². The Morgan fingerprint density at radius 1 is 1.69 bits per heavy atom. The molecular weight excluding hydrogens is 173 g/mol. The summed E-state index contributed by atoms with van der Waals surface area (Å²) in [5, 5.41) is 6.74. The second-order valence-electron chi connectivity index (χ2n) is 3.20. The van der Waals surface area contributed by atoms with E-state index in [9.17, 15) is 4.39 Å². The fourth-order valence-electron chi connectivity index (χ4n) is 1.43. The molecule has 1 fully saturated rings. The summed E-state index contributed by atoms with van der Waals surface area (Å²) >= 11 is 0. The van der Waals surface area contributed by atoms with Crippen LogP contribution in [-0.2, 0) is 6.42 Å². The van der Waals surface area contributed by atoms with Crippen molar-refractivity contribution < 1.29 is 8.91 Å². The molecule has 2 rings (SSSR count). The van der Waals surface area contributed by atoms with Crippen molar-refractivity contribution in [2.24, 2.45) is 0 Å². The zero-order valence-corrected chi connectivity index (χ0v) is 7.46. The fourth-order valence-corrected chi connectivity index (χ4v) is 1.43. The van der Waals surface area contributed by atoms with E-state index in [1.165, 1.54) is 0 Å². The van der Waals surface area contributed by atoms with E-state index >= 15 is 0 Å². The van der Waals surface area contributed by atoms with Crippen LogP contribution in [0.3, 0.4) is 0 Å². The van der Waals surface area contributed by atoms with E-state index in [-0.39, 0.29) is 6.04 Å². The second-order valence-corrected chi connectivity index (χ2v) is 3.20. The molecule has 1 saturated heterocycles. The van der Waals surface area contributed by atoms with Crippen LogP contribution in [0.1, 0.15) is 31.1 Å². The van der Waals surface area contributed by atoms with Gasteiger partial charge in [0.15, 0.2) is 5.82 Å². The maximum Gasteiger partial charge on any atom is 0.243 e. The number of rotatable bonds is 2. The summed E-state index contributed by atoms with van der Waals surface area (Å²) in [6.07, 6.45) is 0.391. The molecule has 0 aromatic carbocycles. The van der Waals surface area contributed by atoms with Crippen LogP contribution in [0.25, 0.3) is 0 Å². The minimum Gasteiger partial charge on any atom is -0.338 e. The average molecular weight is 185 g/mol. The van der Waals surface area contributed by atoms with E-state index in [4.69, 9.17) is 4.52 Å². The predicted octanol–water partition coefficient (Wildman–Crippen LogP) is 1.00. The van der Waals surface area contributed by atoms with Crippen molar-refractivity contribution in [3.63, 3.8) is 0 Å². The number of nitrogens with one attached hydrogen (secondary N) is 1. The van der Waals surface area contributed by atoms with E-state index in [2.05, 4.69) is 15.5 Å². The lowest BCUT2D eigenvalue weighted by Gasteiger charge is -2.00. The Bertz CT molecular complexity index is 289. The molecule has 1 aromatic heterocycles. The van der Waals surface area contributed by atoms with E-state index in [0.717, 1.165) is 6.42 Å². The Morgan fingerprint density at radius 3 is 3.08 bits per heavy atom. The minimum atomic E-state index is -0.790. The van der Waals surface area contributed by atoms with E-state index in [1.54, 1.807) is 0 Å². The summed E-state index contributed by atoms with van der Waals surface area (Å²) in [4.78, 5) is 4.14. The standard InChI is InChI=1S/C8H12FN3O/c1-2-7-11-8(13-12-7)6-3-5(9)4-10-6/h5-6,10H,2-4H2,1H3/t5-,6+/m1/s1. The highest BCUT2D eigenvalue weighted by Gasteiger charge is 2.28. The summed E-state index contributed by atoms with van der Waals surface area (Å²) in [5.41, 5.74) is 0. The average Bonchev–Trinajstić information content (AvgIpc) is 2.71. The highest BCUT2D eigenvalue weighted by molar-refractivity contribution is 4.97. The highest BCUT2D eigenvalue weighted by Crippen LogP contribution is 2.23. The van der Waals surface area contributed by atoms with Crippen molar-refractivity contribution in [2.45, 2.75) is 32.0 Å². The maximum atomic E-state index is 12.8. The number of aryl methyl sites for hydroxylation is 1. The van der Waals surface area contributed by atoms with Crippen molar-refractivity contribution in [1.29, 1.82) is 0 Å². The smallest absolute Gasteiger partial charge is 0.243 e. The number of aromatic nitrogens is 2. The van der Waals surface area contributed by atoms with Gasteiger partial charge in [-0.3, -0.25) is 0 Å². The number of hydrogen-bond donors (Lipinski definition) is 1. The van der Waals surface area contributed by atoms with Crippen LogP contribution in [0.5, 0.6) is 0 Å². The molecular formula is C8H12FN3O. The Kier molecular flexibility index (Phi) is 2.26.